The Balaban J connectivity index is 2.13. The molecule has 0 aromatic carbocycles. The van der Waals surface area contributed by atoms with Gasteiger partial charge in [-0.1, -0.05) is 13.8 Å². The summed E-state index contributed by atoms with van der Waals surface area (Å²) < 4.78 is 0. The smallest absolute Gasteiger partial charge is 0.000243 e. The highest BCUT2D eigenvalue weighted by molar-refractivity contribution is 7.99. The van der Waals surface area contributed by atoms with Crippen LogP contribution in [0.2, 0.25) is 0 Å². The first kappa shape index (κ1) is 8.89. The Labute approximate surface area is 79.5 Å². The molecular formula is C10H19NS. The summed E-state index contributed by atoms with van der Waals surface area (Å²) in [5, 5.41) is 0. The molecule has 1 aliphatic heterocycles. The lowest BCUT2D eigenvalue weighted by Crippen LogP contribution is -2.35. The lowest BCUT2D eigenvalue weighted by Gasteiger charge is -2.40. The quantitative estimate of drug-likeness (QED) is 0.677. The second-order valence-corrected chi connectivity index (χ2v) is 6.08. The number of nitrogens with two attached hydrogens (primary N) is 1. The molecule has 0 amide bonds. The number of rotatable bonds is 1. The molecule has 2 aliphatic rings. The molecular weight excluding hydrogens is 166 g/mol. The summed E-state index contributed by atoms with van der Waals surface area (Å²) in [7, 11) is 0. The fraction of sp³-hybridized carbons (Fsp3) is 1.00. The third-order valence-electron chi connectivity index (χ3n) is 4.10. The molecule has 2 unspecified atom stereocenters. The highest BCUT2D eigenvalue weighted by atomic mass is 32.2. The summed E-state index contributed by atoms with van der Waals surface area (Å²) >= 11 is 2.13. The van der Waals surface area contributed by atoms with Crippen LogP contribution in [-0.2, 0) is 0 Å². The summed E-state index contributed by atoms with van der Waals surface area (Å²) in [6, 6.07) is 0. The largest absolute Gasteiger partial charge is 0.330 e. The van der Waals surface area contributed by atoms with E-state index in [4.69, 9.17) is 5.73 Å². The van der Waals surface area contributed by atoms with Crippen molar-refractivity contribution >= 4 is 11.8 Å². The molecule has 2 fully saturated rings. The minimum atomic E-state index is 0.558. The van der Waals surface area contributed by atoms with E-state index in [-0.39, 0.29) is 0 Å². The van der Waals surface area contributed by atoms with Crippen LogP contribution in [0.1, 0.15) is 26.7 Å². The SMILES string of the molecule is CC1(C)CCSCC12CC2CN. The zero-order valence-electron chi connectivity index (χ0n) is 8.10. The molecule has 0 aromatic rings. The van der Waals surface area contributed by atoms with Crippen molar-refractivity contribution in [1.29, 1.82) is 0 Å². The highest BCUT2D eigenvalue weighted by Crippen LogP contribution is 2.67. The maximum absolute atomic E-state index is 5.75. The van der Waals surface area contributed by atoms with E-state index in [2.05, 4.69) is 25.6 Å². The van der Waals surface area contributed by atoms with Crippen molar-refractivity contribution < 1.29 is 0 Å². The predicted molar refractivity (Wildman–Crippen MR) is 55.3 cm³/mol. The van der Waals surface area contributed by atoms with E-state index in [0.717, 1.165) is 12.5 Å². The van der Waals surface area contributed by atoms with Crippen LogP contribution in [0.25, 0.3) is 0 Å². The molecule has 2 rings (SSSR count). The second-order valence-electron chi connectivity index (χ2n) is 4.98. The topological polar surface area (TPSA) is 26.0 Å². The molecule has 1 heterocycles. The summed E-state index contributed by atoms with van der Waals surface area (Å²) in [6.07, 6.45) is 2.78. The lowest BCUT2D eigenvalue weighted by atomic mass is 9.73. The minimum absolute atomic E-state index is 0.558. The van der Waals surface area contributed by atoms with Crippen LogP contribution in [0, 0.1) is 16.7 Å². The van der Waals surface area contributed by atoms with E-state index in [1.807, 2.05) is 0 Å². The lowest BCUT2D eigenvalue weighted by molar-refractivity contribution is 0.179. The molecule has 1 saturated carbocycles. The first-order valence-corrected chi connectivity index (χ1v) is 6.06. The molecule has 70 valence electrons. The van der Waals surface area contributed by atoms with E-state index in [0.29, 0.717) is 10.8 Å². The van der Waals surface area contributed by atoms with Gasteiger partial charge < -0.3 is 5.73 Å². The Morgan fingerprint density at radius 1 is 1.50 bits per heavy atom. The summed E-state index contributed by atoms with van der Waals surface area (Å²) in [4.78, 5) is 0. The van der Waals surface area contributed by atoms with Crippen LogP contribution in [0.3, 0.4) is 0 Å². The van der Waals surface area contributed by atoms with Gasteiger partial charge >= 0.3 is 0 Å². The van der Waals surface area contributed by atoms with Gasteiger partial charge in [-0.15, -0.1) is 0 Å². The van der Waals surface area contributed by atoms with Gasteiger partial charge in [0.1, 0.15) is 0 Å². The maximum atomic E-state index is 5.75. The van der Waals surface area contributed by atoms with Crippen LogP contribution in [0.4, 0.5) is 0 Å². The molecule has 1 nitrogen and oxygen atoms in total. The van der Waals surface area contributed by atoms with Gasteiger partial charge in [0, 0.05) is 0 Å². The van der Waals surface area contributed by atoms with Crippen LogP contribution in [0.5, 0.6) is 0 Å². The van der Waals surface area contributed by atoms with E-state index in [1.54, 1.807) is 0 Å². The molecule has 2 N–H and O–H groups in total. The van der Waals surface area contributed by atoms with Crippen molar-refractivity contribution in [1.82, 2.24) is 0 Å². The number of hydrogen-bond donors (Lipinski definition) is 1. The molecule has 0 bridgehead atoms. The molecule has 1 spiro atoms. The zero-order chi connectivity index (χ0) is 8.82. The molecule has 1 aliphatic carbocycles. The van der Waals surface area contributed by atoms with E-state index < -0.39 is 0 Å². The Bertz CT molecular complexity index is 190. The Hall–Kier alpha value is 0.310. The third kappa shape index (κ3) is 1.04. The molecule has 2 heteroatoms. The highest BCUT2D eigenvalue weighted by Gasteiger charge is 2.62. The van der Waals surface area contributed by atoms with Gasteiger partial charge in [0.2, 0.25) is 0 Å². The maximum Gasteiger partial charge on any atom is -0.000243 e. The van der Waals surface area contributed by atoms with Crippen molar-refractivity contribution in [2.45, 2.75) is 26.7 Å². The minimum Gasteiger partial charge on any atom is -0.330 e. The van der Waals surface area contributed by atoms with Gasteiger partial charge in [-0.05, 0) is 47.6 Å². The van der Waals surface area contributed by atoms with E-state index in [1.165, 1.54) is 24.3 Å². The van der Waals surface area contributed by atoms with Crippen molar-refractivity contribution in [2.75, 3.05) is 18.1 Å². The Kier molecular flexibility index (Phi) is 1.96. The van der Waals surface area contributed by atoms with Gasteiger partial charge in [-0.2, -0.15) is 11.8 Å². The standard InChI is InChI=1S/C10H19NS/c1-9(2)3-4-12-7-10(9)5-8(10)6-11/h8H,3-7,11H2,1-2H3. The average molecular weight is 185 g/mol. The second kappa shape index (κ2) is 2.65. The predicted octanol–water partition coefficient (Wildman–Crippen LogP) is 2.11. The Morgan fingerprint density at radius 2 is 2.25 bits per heavy atom. The Morgan fingerprint density at radius 3 is 2.75 bits per heavy atom. The molecule has 12 heavy (non-hydrogen) atoms. The molecule has 0 aromatic heterocycles. The zero-order valence-corrected chi connectivity index (χ0v) is 8.91. The average Bonchev–Trinajstić information content (AvgIpc) is 2.72. The molecule has 1 saturated heterocycles. The third-order valence-corrected chi connectivity index (χ3v) is 5.31. The number of thioether (sulfide) groups is 1. The fourth-order valence-corrected chi connectivity index (χ4v) is 4.63. The van der Waals surface area contributed by atoms with Crippen LogP contribution >= 0.6 is 11.8 Å². The van der Waals surface area contributed by atoms with Gasteiger partial charge in [-0.25, -0.2) is 0 Å². The van der Waals surface area contributed by atoms with Gasteiger partial charge in [0.15, 0.2) is 0 Å². The van der Waals surface area contributed by atoms with Gasteiger partial charge in [0.05, 0.1) is 0 Å². The first-order valence-electron chi connectivity index (χ1n) is 4.90. The van der Waals surface area contributed by atoms with Crippen molar-refractivity contribution in [3.8, 4) is 0 Å². The summed E-state index contributed by atoms with van der Waals surface area (Å²) in [6.45, 7) is 5.77. The molecule has 0 radical (unpaired) electrons. The molecule has 2 atom stereocenters. The first-order chi connectivity index (χ1) is 5.62. The van der Waals surface area contributed by atoms with Crippen LogP contribution < -0.4 is 5.73 Å². The van der Waals surface area contributed by atoms with Crippen molar-refractivity contribution in [3.63, 3.8) is 0 Å². The van der Waals surface area contributed by atoms with Crippen LogP contribution in [-0.4, -0.2) is 18.1 Å². The fourth-order valence-electron chi connectivity index (χ4n) is 2.72. The summed E-state index contributed by atoms with van der Waals surface area (Å²) in [5.41, 5.74) is 6.94. The van der Waals surface area contributed by atoms with E-state index in [9.17, 15) is 0 Å². The van der Waals surface area contributed by atoms with Crippen molar-refractivity contribution in [3.05, 3.63) is 0 Å². The monoisotopic (exact) mass is 185 g/mol. The van der Waals surface area contributed by atoms with Crippen LogP contribution in [0.15, 0.2) is 0 Å². The number of hydrogen-bond acceptors (Lipinski definition) is 2. The summed E-state index contributed by atoms with van der Waals surface area (Å²) in [5.74, 6) is 3.55. The van der Waals surface area contributed by atoms with E-state index >= 15 is 0 Å². The van der Waals surface area contributed by atoms with Gasteiger partial charge in [0.25, 0.3) is 0 Å². The van der Waals surface area contributed by atoms with Crippen molar-refractivity contribution in [2.24, 2.45) is 22.5 Å². The normalized spacial score (nSPS) is 44.8. The van der Waals surface area contributed by atoms with Gasteiger partial charge in [-0.3, -0.25) is 0 Å².